The molecule has 0 saturated carbocycles. The molecule has 4 aromatic carbocycles. The highest BCUT2D eigenvalue weighted by Gasteiger charge is 2.47. The summed E-state index contributed by atoms with van der Waals surface area (Å²) in [5.41, 5.74) is -4.16. The lowest BCUT2D eigenvalue weighted by Crippen LogP contribution is -2.48. The lowest BCUT2D eigenvalue weighted by Gasteiger charge is -2.37. The fraction of sp³-hybridized carbons (Fsp3) is 0.636. The van der Waals surface area contributed by atoms with Crippen LogP contribution in [0, 0.1) is 5.41 Å². The van der Waals surface area contributed by atoms with E-state index in [0.29, 0.717) is 66.8 Å². The van der Waals surface area contributed by atoms with Crippen LogP contribution < -0.4 is 0 Å². The predicted molar refractivity (Wildman–Crippen MR) is 360 cm³/mol. The van der Waals surface area contributed by atoms with Crippen LogP contribution in [-0.4, -0.2) is 70.7 Å². The van der Waals surface area contributed by atoms with Crippen molar-refractivity contribution in [1.29, 1.82) is 0 Å². The molecule has 4 aromatic rings. The Kier molecular flexibility index (Phi) is 20.8. The molecule has 89 heavy (non-hydrogen) atoms. The van der Waals surface area contributed by atoms with Crippen molar-refractivity contribution < 1.29 is 58.6 Å². The van der Waals surface area contributed by atoms with Crippen molar-refractivity contribution in [1.82, 2.24) is 0 Å². The number of aromatic hydroxyl groups is 4. The first kappa shape index (κ1) is 75.4. The SMILES string of the molecule is CC(C)(C)c1cc(C(C)(C)C(=O)OCC(COC(=O)C(C)(C)c2cc(C(C)(C)C)c(O)c(C(C)(C)C)c2)(COC(=O)C(C)(C)c2cc(C(C)(C)C)c(O)c(C(C)(C)C)c2)COC(=O)C(C)(C)c2cc(C(C)(C)C)c(O)c(C(C)(C)C)c2)cc(C(C)(C)C)c1O. The number of carbonyl (C=O) groups is 4. The van der Waals surface area contributed by atoms with Gasteiger partial charge in [-0.1, -0.05) is 215 Å². The molecule has 0 spiro atoms. The summed E-state index contributed by atoms with van der Waals surface area (Å²) in [7, 11) is 0. The minimum Gasteiger partial charge on any atom is -0.507 e. The molecule has 0 unspecified atom stereocenters. The number of esters is 4. The maximum atomic E-state index is 15.3. The Balaban J connectivity index is 2.07. The number of ether oxygens (including phenoxy) is 4. The summed E-state index contributed by atoms with van der Waals surface area (Å²) in [5.74, 6) is -2.25. The predicted octanol–water partition coefficient (Wildman–Crippen LogP) is 17.3. The molecule has 0 saturated heterocycles. The molecule has 12 nitrogen and oxygen atoms in total. The fourth-order valence-corrected chi connectivity index (χ4v) is 10.9. The van der Waals surface area contributed by atoms with E-state index in [9.17, 15) is 20.4 Å². The molecule has 0 aliphatic carbocycles. The zero-order valence-electron chi connectivity index (χ0n) is 61.0. The second-order valence-corrected chi connectivity index (χ2v) is 36.0. The number of hydrogen-bond donors (Lipinski definition) is 4. The highest BCUT2D eigenvalue weighted by Crippen LogP contribution is 2.48. The molecule has 4 rings (SSSR count). The summed E-state index contributed by atoms with van der Waals surface area (Å²) >= 11 is 0. The van der Waals surface area contributed by atoms with E-state index in [1.165, 1.54) is 0 Å². The second kappa shape index (κ2) is 24.5. The standard InChI is InChI=1S/C77H116O12/c1-65(2,3)49-33-45(34-50(57(49)78)66(4,5)6)73(25,26)61(82)86-41-77(42-87-62(83)74(27,28)46-35-51(67(7,8)9)58(79)52(36-46)68(10,11)12,43-88-63(84)75(29,30)47-37-53(69(13,14)15)59(80)54(38-47)70(16,17)18)44-89-64(85)76(31,32)48-39-55(71(19,20)21)60(81)56(40-48)72(22,23)24/h33-40,78-81H,41-44H2,1-32H3. The smallest absolute Gasteiger partial charge is 0.316 e. The summed E-state index contributed by atoms with van der Waals surface area (Å²) in [6.45, 7) is 59.2. The van der Waals surface area contributed by atoms with Crippen molar-refractivity contribution in [2.24, 2.45) is 5.41 Å². The quantitative estimate of drug-likeness (QED) is 0.0615. The van der Waals surface area contributed by atoms with Gasteiger partial charge >= 0.3 is 23.9 Å². The minimum absolute atomic E-state index is 0.140. The summed E-state index contributed by atoms with van der Waals surface area (Å²) in [4.78, 5) is 61.0. The molecular formula is C77H116O12. The third kappa shape index (κ3) is 16.5. The Morgan fingerprint density at radius 2 is 0.360 bits per heavy atom. The van der Waals surface area contributed by atoms with E-state index in [2.05, 4.69) is 0 Å². The van der Waals surface area contributed by atoms with Gasteiger partial charge in [0, 0.05) is 0 Å². The fourth-order valence-electron chi connectivity index (χ4n) is 10.9. The molecule has 0 aliphatic rings. The largest absolute Gasteiger partial charge is 0.507 e. The van der Waals surface area contributed by atoms with E-state index >= 15 is 19.2 Å². The van der Waals surface area contributed by atoms with Gasteiger partial charge in [-0.05, 0) is 165 Å². The minimum atomic E-state index is -1.80. The first-order chi connectivity index (χ1) is 39.5. The molecule has 4 N–H and O–H groups in total. The van der Waals surface area contributed by atoms with E-state index in [1.54, 1.807) is 55.4 Å². The lowest BCUT2D eigenvalue weighted by atomic mass is 9.74. The van der Waals surface area contributed by atoms with E-state index in [-0.39, 0.29) is 23.0 Å². The topological polar surface area (TPSA) is 186 Å². The molecule has 0 bridgehead atoms. The van der Waals surface area contributed by atoms with Crippen LogP contribution in [0.15, 0.2) is 48.5 Å². The number of rotatable bonds is 16. The molecule has 0 aromatic heterocycles. The molecule has 0 radical (unpaired) electrons. The summed E-state index contributed by atoms with van der Waals surface area (Å²) < 4.78 is 26.1. The third-order valence-corrected chi connectivity index (χ3v) is 17.9. The van der Waals surface area contributed by atoms with Crippen LogP contribution in [0.5, 0.6) is 23.0 Å². The third-order valence-electron chi connectivity index (χ3n) is 17.9. The number of phenols is 4. The van der Waals surface area contributed by atoms with Crippen molar-refractivity contribution >= 4 is 23.9 Å². The van der Waals surface area contributed by atoms with Crippen LogP contribution in [0.4, 0.5) is 0 Å². The molecule has 0 aliphatic heterocycles. The maximum Gasteiger partial charge on any atom is 0.316 e. The molecule has 496 valence electrons. The normalized spacial score (nSPS) is 13.9. The first-order valence-electron chi connectivity index (χ1n) is 31.7. The van der Waals surface area contributed by atoms with Crippen LogP contribution in [0.2, 0.25) is 0 Å². The van der Waals surface area contributed by atoms with Gasteiger partial charge in [0.25, 0.3) is 0 Å². The first-order valence-corrected chi connectivity index (χ1v) is 31.7. The van der Waals surface area contributed by atoms with E-state index in [1.807, 2.05) is 215 Å². The molecule has 12 heteroatoms. The Labute approximate surface area is 536 Å². The van der Waals surface area contributed by atoms with Crippen LogP contribution in [0.3, 0.4) is 0 Å². The van der Waals surface area contributed by atoms with Gasteiger partial charge in [-0.2, -0.15) is 0 Å². The summed E-state index contributed by atoms with van der Waals surface area (Å²) in [6.07, 6.45) is 0. The van der Waals surface area contributed by atoms with Crippen LogP contribution in [-0.2, 0) is 103 Å². The number of benzene rings is 4. The van der Waals surface area contributed by atoms with Gasteiger partial charge in [0.2, 0.25) is 0 Å². The highest BCUT2D eigenvalue weighted by atomic mass is 16.6. The van der Waals surface area contributed by atoms with E-state index < -0.39 is 121 Å². The monoisotopic (exact) mass is 1230 g/mol. The highest BCUT2D eigenvalue weighted by molar-refractivity contribution is 5.85. The molecular weight excluding hydrogens is 1120 g/mol. The second-order valence-electron chi connectivity index (χ2n) is 36.0. The number of carbonyl (C=O) groups excluding carboxylic acids is 4. The van der Waals surface area contributed by atoms with Crippen molar-refractivity contribution in [2.75, 3.05) is 26.4 Å². The average molecular weight is 1230 g/mol. The zero-order valence-corrected chi connectivity index (χ0v) is 61.0. The summed E-state index contributed by atoms with van der Waals surface area (Å²) in [6, 6.07) is 14.6. The van der Waals surface area contributed by atoms with E-state index in [4.69, 9.17) is 18.9 Å². The van der Waals surface area contributed by atoms with Gasteiger partial charge in [-0.3, -0.25) is 19.2 Å². The maximum absolute atomic E-state index is 15.3. The zero-order chi connectivity index (χ0) is 69.4. The van der Waals surface area contributed by atoms with Gasteiger partial charge in [0.15, 0.2) is 0 Å². The lowest BCUT2D eigenvalue weighted by molar-refractivity contribution is -0.177. The van der Waals surface area contributed by atoms with Gasteiger partial charge in [0.05, 0.1) is 21.7 Å². The Morgan fingerprint density at radius 1 is 0.247 bits per heavy atom. The molecule has 0 fully saturated rings. The molecule has 0 amide bonds. The Bertz CT molecular complexity index is 2720. The Morgan fingerprint density at radius 3 is 0.461 bits per heavy atom. The van der Waals surface area contributed by atoms with Crippen LogP contribution >= 0.6 is 0 Å². The van der Waals surface area contributed by atoms with Crippen molar-refractivity contribution in [3.63, 3.8) is 0 Å². The molecule has 0 atom stereocenters. The van der Waals surface area contributed by atoms with Gasteiger partial charge in [-0.25, -0.2) is 0 Å². The van der Waals surface area contributed by atoms with Gasteiger partial charge < -0.3 is 39.4 Å². The van der Waals surface area contributed by atoms with Gasteiger partial charge in [-0.15, -0.1) is 0 Å². The Hall–Kier alpha value is -6.04. The van der Waals surface area contributed by atoms with Crippen molar-refractivity contribution in [3.05, 3.63) is 115 Å². The van der Waals surface area contributed by atoms with Crippen LogP contribution in [0.25, 0.3) is 0 Å². The summed E-state index contributed by atoms with van der Waals surface area (Å²) in [5, 5.41) is 47.0. The van der Waals surface area contributed by atoms with Crippen molar-refractivity contribution in [3.8, 4) is 23.0 Å². The van der Waals surface area contributed by atoms with Crippen LogP contribution in [0.1, 0.15) is 288 Å². The average Bonchev–Trinajstić information content (AvgIpc) is 0.825. The van der Waals surface area contributed by atoms with Crippen molar-refractivity contribution in [2.45, 2.75) is 287 Å². The number of hydrogen-bond acceptors (Lipinski definition) is 12. The van der Waals surface area contributed by atoms with Gasteiger partial charge in [0.1, 0.15) is 54.8 Å². The molecule has 0 heterocycles. The van der Waals surface area contributed by atoms with E-state index in [0.717, 1.165) is 0 Å². The number of phenolic OH excluding ortho intramolecular Hbond substituents is 4.